The summed E-state index contributed by atoms with van der Waals surface area (Å²) in [5.41, 5.74) is 1.10. The Morgan fingerprint density at radius 2 is 2.19 bits per heavy atom. The second-order valence-corrected chi connectivity index (χ2v) is 6.34. The van der Waals surface area contributed by atoms with Crippen molar-refractivity contribution in [3.8, 4) is 0 Å². The lowest BCUT2D eigenvalue weighted by Gasteiger charge is -2.14. The molecule has 0 spiro atoms. The molecule has 0 radical (unpaired) electrons. The van der Waals surface area contributed by atoms with Crippen molar-refractivity contribution in [2.45, 2.75) is 25.8 Å². The van der Waals surface area contributed by atoms with Crippen LogP contribution < -0.4 is 5.32 Å². The molecule has 1 atom stereocenters. The maximum Gasteiger partial charge on any atom is 0.147 e. The first-order chi connectivity index (χ1) is 7.44. The van der Waals surface area contributed by atoms with Gasteiger partial charge in [0.05, 0.1) is 12.3 Å². The number of nitrogens with one attached hydrogen (secondary N) is 1. The molecule has 0 aliphatic carbocycles. The number of hydrogen-bond donors (Lipinski definition) is 1. The van der Waals surface area contributed by atoms with Crippen LogP contribution in [0.15, 0.2) is 16.7 Å². The minimum atomic E-state index is -2.87. The van der Waals surface area contributed by atoms with Crippen LogP contribution in [-0.2, 0) is 9.84 Å². The Morgan fingerprint density at radius 1 is 1.50 bits per heavy atom. The molecule has 1 unspecified atom stereocenters. The van der Waals surface area contributed by atoms with Crippen molar-refractivity contribution in [1.82, 2.24) is 5.32 Å². The first kappa shape index (κ1) is 13.3. The molecular weight excluding hydrogens is 226 g/mol. The van der Waals surface area contributed by atoms with E-state index in [0.29, 0.717) is 6.42 Å². The van der Waals surface area contributed by atoms with Crippen LogP contribution in [0.3, 0.4) is 0 Å². The zero-order chi connectivity index (χ0) is 12.2. The molecule has 0 bridgehead atoms. The predicted molar refractivity (Wildman–Crippen MR) is 64.2 cm³/mol. The number of aryl methyl sites for hydroxylation is 1. The van der Waals surface area contributed by atoms with Crippen molar-refractivity contribution in [3.63, 3.8) is 0 Å². The second-order valence-electron chi connectivity index (χ2n) is 4.08. The lowest BCUT2D eigenvalue weighted by Crippen LogP contribution is -2.17. The van der Waals surface area contributed by atoms with E-state index in [1.54, 1.807) is 6.26 Å². The van der Waals surface area contributed by atoms with Gasteiger partial charge < -0.3 is 9.73 Å². The molecule has 1 aromatic rings. The van der Waals surface area contributed by atoms with Gasteiger partial charge in [-0.25, -0.2) is 8.42 Å². The molecule has 5 heteroatoms. The van der Waals surface area contributed by atoms with E-state index in [9.17, 15) is 8.42 Å². The summed E-state index contributed by atoms with van der Waals surface area (Å²) in [5.74, 6) is 1.13. The molecule has 0 saturated carbocycles. The first-order valence-corrected chi connectivity index (χ1v) is 7.39. The van der Waals surface area contributed by atoms with E-state index in [1.165, 1.54) is 6.26 Å². The van der Waals surface area contributed by atoms with E-state index in [4.69, 9.17) is 4.42 Å². The van der Waals surface area contributed by atoms with E-state index in [1.807, 2.05) is 20.0 Å². The van der Waals surface area contributed by atoms with Gasteiger partial charge in [-0.1, -0.05) is 0 Å². The summed E-state index contributed by atoms with van der Waals surface area (Å²) in [4.78, 5) is 0. The Morgan fingerprint density at radius 3 is 2.62 bits per heavy atom. The van der Waals surface area contributed by atoms with Crippen LogP contribution in [-0.4, -0.2) is 27.5 Å². The summed E-state index contributed by atoms with van der Waals surface area (Å²) >= 11 is 0. The van der Waals surface area contributed by atoms with Gasteiger partial charge in [0.15, 0.2) is 0 Å². The molecule has 92 valence electrons. The van der Waals surface area contributed by atoms with E-state index in [-0.39, 0.29) is 11.8 Å². The standard InChI is InChI=1S/C11H19NO3S/c1-9-6-7-15-11(9)10(12-2)5-4-8-16(3,13)14/h6-7,10,12H,4-5,8H2,1-3H3. The van der Waals surface area contributed by atoms with E-state index in [0.717, 1.165) is 17.7 Å². The minimum absolute atomic E-state index is 0.0942. The van der Waals surface area contributed by atoms with E-state index in [2.05, 4.69) is 5.32 Å². The molecule has 1 rings (SSSR count). The van der Waals surface area contributed by atoms with Gasteiger partial charge in [-0.15, -0.1) is 0 Å². The van der Waals surface area contributed by atoms with Crippen LogP contribution in [0.4, 0.5) is 0 Å². The minimum Gasteiger partial charge on any atom is -0.467 e. The number of rotatable bonds is 6. The third-order valence-electron chi connectivity index (χ3n) is 2.57. The van der Waals surface area contributed by atoms with Crippen molar-refractivity contribution in [1.29, 1.82) is 0 Å². The molecule has 0 aliphatic heterocycles. The van der Waals surface area contributed by atoms with Gasteiger partial charge >= 0.3 is 0 Å². The maximum absolute atomic E-state index is 11.0. The van der Waals surface area contributed by atoms with Crippen molar-refractivity contribution in [2.24, 2.45) is 0 Å². The zero-order valence-electron chi connectivity index (χ0n) is 9.99. The fourth-order valence-electron chi connectivity index (χ4n) is 1.70. The van der Waals surface area contributed by atoms with E-state index < -0.39 is 9.84 Å². The Kier molecular flexibility index (Phi) is 4.56. The average molecular weight is 245 g/mol. The highest BCUT2D eigenvalue weighted by atomic mass is 32.2. The smallest absolute Gasteiger partial charge is 0.147 e. The third kappa shape index (κ3) is 3.98. The lowest BCUT2D eigenvalue weighted by molar-refractivity contribution is 0.409. The molecular formula is C11H19NO3S. The third-order valence-corrected chi connectivity index (χ3v) is 3.60. The molecule has 0 amide bonds. The number of hydrogen-bond acceptors (Lipinski definition) is 4. The van der Waals surface area contributed by atoms with Gasteiger partial charge in [-0.05, 0) is 38.4 Å². The first-order valence-electron chi connectivity index (χ1n) is 5.33. The Balaban J connectivity index is 2.54. The van der Waals surface area contributed by atoms with Gasteiger partial charge in [0, 0.05) is 12.0 Å². The van der Waals surface area contributed by atoms with E-state index >= 15 is 0 Å². The maximum atomic E-state index is 11.0. The van der Waals surface area contributed by atoms with Gasteiger partial charge in [0.25, 0.3) is 0 Å². The Labute approximate surface area is 97.0 Å². The van der Waals surface area contributed by atoms with Crippen LogP contribution in [0, 0.1) is 6.92 Å². The summed E-state index contributed by atoms with van der Waals surface area (Å²) in [6, 6.07) is 2.01. The molecule has 0 aliphatic rings. The number of sulfone groups is 1. The summed E-state index contributed by atoms with van der Waals surface area (Å²) in [5, 5.41) is 3.14. The fraction of sp³-hybridized carbons (Fsp3) is 0.636. The Bertz CT molecular complexity index is 422. The van der Waals surface area contributed by atoms with Crippen LogP contribution >= 0.6 is 0 Å². The summed E-state index contributed by atoms with van der Waals surface area (Å²) in [6.07, 6.45) is 4.33. The molecule has 1 N–H and O–H groups in total. The summed E-state index contributed by atoms with van der Waals surface area (Å²) in [7, 11) is -1.01. The van der Waals surface area contributed by atoms with Crippen LogP contribution in [0.1, 0.15) is 30.2 Å². The highest BCUT2D eigenvalue weighted by molar-refractivity contribution is 7.90. The zero-order valence-corrected chi connectivity index (χ0v) is 10.8. The van der Waals surface area contributed by atoms with Crippen molar-refractivity contribution >= 4 is 9.84 Å². The molecule has 1 heterocycles. The van der Waals surface area contributed by atoms with Crippen molar-refractivity contribution < 1.29 is 12.8 Å². The number of furan rings is 1. The van der Waals surface area contributed by atoms with Crippen LogP contribution in [0.5, 0.6) is 0 Å². The molecule has 0 aromatic carbocycles. The summed E-state index contributed by atoms with van der Waals surface area (Å²) in [6.45, 7) is 1.99. The predicted octanol–water partition coefficient (Wildman–Crippen LogP) is 1.67. The van der Waals surface area contributed by atoms with Crippen LogP contribution in [0.25, 0.3) is 0 Å². The molecule has 0 saturated heterocycles. The lowest BCUT2D eigenvalue weighted by atomic mass is 10.1. The Hall–Kier alpha value is -0.810. The van der Waals surface area contributed by atoms with Crippen molar-refractivity contribution in [2.75, 3.05) is 19.1 Å². The summed E-state index contributed by atoms with van der Waals surface area (Å²) < 4.78 is 27.4. The highest BCUT2D eigenvalue weighted by Crippen LogP contribution is 2.22. The largest absolute Gasteiger partial charge is 0.467 e. The second kappa shape index (κ2) is 5.50. The molecule has 1 aromatic heterocycles. The monoisotopic (exact) mass is 245 g/mol. The quantitative estimate of drug-likeness (QED) is 0.828. The average Bonchev–Trinajstić information content (AvgIpc) is 2.58. The van der Waals surface area contributed by atoms with Gasteiger partial charge in [0.2, 0.25) is 0 Å². The molecule has 4 nitrogen and oxygen atoms in total. The van der Waals surface area contributed by atoms with Crippen LogP contribution in [0.2, 0.25) is 0 Å². The molecule has 0 fully saturated rings. The van der Waals surface area contributed by atoms with Gasteiger partial charge in [-0.2, -0.15) is 0 Å². The van der Waals surface area contributed by atoms with Gasteiger partial charge in [-0.3, -0.25) is 0 Å². The van der Waals surface area contributed by atoms with Gasteiger partial charge in [0.1, 0.15) is 15.6 Å². The SMILES string of the molecule is CNC(CCCS(C)(=O)=O)c1occc1C. The molecule has 16 heavy (non-hydrogen) atoms. The highest BCUT2D eigenvalue weighted by Gasteiger charge is 2.15. The normalized spacial score (nSPS) is 13.9. The fourth-order valence-corrected chi connectivity index (χ4v) is 2.39. The topological polar surface area (TPSA) is 59.3 Å². The van der Waals surface area contributed by atoms with Crippen molar-refractivity contribution in [3.05, 3.63) is 23.7 Å².